The second kappa shape index (κ2) is 6.10. The van der Waals surface area contributed by atoms with Gasteiger partial charge in [-0.1, -0.05) is 18.2 Å². The minimum Gasteiger partial charge on any atom is -0.361 e. The Morgan fingerprint density at radius 3 is 3.05 bits per heavy atom. The van der Waals surface area contributed by atoms with Crippen LogP contribution in [-0.4, -0.2) is 15.9 Å². The summed E-state index contributed by atoms with van der Waals surface area (Å²) < 4.78 is 0. The molecule has 0 atom stereocenters. The summed E-state index contributed by atoms with van der Waals surface area (Å²) in [5.41, 5.74) is 3.35. The van der Waals surface area contributed by atoms with Crippen LogP contribution in [0.2, 0.25) is 0 Å². The molecule has 0 aliphatic carbocycles. The minimum absolute atomic E-state index is 0.0317. The first kappa shape index (κ1) is 13.8. The van der Waals surface area contributed by atoms with E-state index < -0.39 is 0 Å². The average Bonchev–Trinajstić information content (AvgIpc) is 3.06. The van der Waals surface area contributed by atoms with E-state index in [2.05, 4.69) is 27.4 Å². The highest BCUT2D eigenvalue weighted by atomic mass is 32.1. The normalized spacial score (nSPS) is 10.9. The molecule has 108 valence electrons. The number of benzene rings is 1. The van der Waals surface area contributed by atoms with Crippen molar-refractivity contribution in [2.75, 3.05) is 5.32 Å². The third kappa shape index (κ3) is 3.31. The maximum absolute atomic E-state index is 11.9. The molecule has 1 aromatic carbocycles. The van der Waals surface area contributed by atoms with Gasteiger partial charge in [0.05, 0.1) is 5.69 Å². The largest absolute Gasteiger partial charge is 0.361 e. The Morgan fingerprint density at radius 2 is 2.24 bits per heavy atom. The second-order valence-corrected chi connectivity index (χ2v) is 5.91. The number of aromatic nitrogens is 2. The van der Waals surface area contributed by atoms with Crippen molar-refractivity contribution in [2.45, 2.75) is 26.2 Å². The van der Waals surface area contributed by atoms with Gasteiger partial charge in [-0.3, -0.25) is 4.79 Å². The van der Waals surface area contributed by atoms with E-state index in [1.807, 2.05) is 30.6 Å². The molecule has 1 amide bonds. The molecule has 5 heteroatoms. The highest BCUT2D eigenvalue weighted by molar-refractivity contribution is 7.13. The standard InChI is InChI=1S/C16H17N3OS/c1-11-10-21-16(18-11)19-15(20)8-4-5-12-9-17-14-7-3-2-6-13(12)14/h2-3,6-7,9-10,17H,4-5,8H2,1H3,(H,18,19,20). The zero-order chi connectivity index (χ0) is 14.7. The lowest BCUT2D eigenvalue weighted by molar-refractivity contribution is -0.116. The fraction of sp³-hybridized carbons (Fsp3) is 0.250. The molecular weight excluding hydrogens is 282 g/mol. The molecule has 3 aromatic rings. The van der Waals surface area contributed by atoms with Crippen LogP contribution in [0.3, 0.4) is 0 Å². The smallest absolute Gasteiger partial charge is 0.226 e. The third-order valence-electron chi connectivity index (χ3n) is 3.39. The number of H-pyrrole nitrogens is 1. The summed E-state index contributed by atoms with van der Waals surface area (Å²) >= 11 is 1.46. The summed E-state index contributed by atoms with van der Waals surface area (Å²) in [6.45, 7) is 1.92. The number of carbonyl (C=O) groups excluding carboxylic acids is 1. The van der Waals surface area contributed by atoms with Crippen LogP contribution in [-0.2, 0) is 11.2 Å². The monoisotopic (exact) mass is 299 g/mol. The lowest BCUT2D eigenvalue weighted by Crippen LogP contribution is -2.11. The molecule has 2 N–H and O–H groups in total. The number of para-hydroxylation sites is 1. The van der Waals surface area contributed by atoms with E-state index in [0.717, 1.165) is 24.1 Å². The summed E-state index contributed by atoms with van der Waals surface area (Å²) in [6, 6.07) is 8.24. The summed E-state index contributed by atoms with van der Waals surface area (Å²) in [5, 5.41) is 6.70. The quantitative estimate of drug-likeness (QED) is 0.751. The zero-order valence-electron chi connectivity index (χ0n) is 11.8. The fourth-order valence-corrected chi connectivity index (χ4v) is 3.08. The van der Waals surface area contributed by atoms with Gasteiger partial charge in [-0.2, -0.15) is 0 Å². The number of aromatic amines is 1. The average molecular weight is 299 g/mol. The molecule has 0 spiro atoms. The Bertz CT molecular complexity index is 760. The van der Waals surface area contributed by atoms with Crippen LogP contribution in [0.25, 0.3) is 10.9 Å². The molecule has 0 bridgehead atoms. The number of hydrogen-bond acceptors (Lipinski definition) is 3. The Kier molecular flexibility index (Phi) is 4.01. The first-order chi connectivity index (χ1) is 10.2. The van der Waals surface area contributed by atoms with Gasteiger partial charge in [0.25, 0.3) is 0 Å². The highest BCUT2D eigenvalue weighted by Crippen LogP contribution is 2.20. The molecule has 0 fully saturated rings. The number of rotatable bonds is 5. The number of carbonyl (C=O) groups is 1. The van der Waals surface area contributed by atoms with E-state index in [1.54, 1.807) is 0 Å². The van der Waals surface area contributed by atoms with Crippen molar-refractivity contribution in [1.29, 1.82) is 0 Å². The van der Waals surface area contributed by atoms with E-state index >= 15 is 0 Å². The third-order valence-corrected chi connectivity index (χ3v) is 4.27. The zero-order valence-corrected chi connectivity index (χ0v) is 12.7. The number of amides is 1. The fourth-order valence-electron chi connectivity index (χ4n) is 2.37. The first-order valence-corrected chi connectivity index (χ1v) is 7.87. The molecule has 0 unspecified atom stereocenters. The van der Waals surface area contributed by atoms with Gasteiger partial charge in [-0.05, 0) is 31.4 Å². The molecular formula is C16H17N3OS. The Morgan fingerprint density at radius 1 is 1.38 bits per heavy atom. The molecule has 0 radical (unpaired) electrons. The van der Waals surface area contributed by atoms with Gasteiger partial charge in [0.15, 0.2) is 5.13 Å². The lowest BCUT2D eigenvalue weighted by Gasteiger charge is -2.01. The van der Waals surface area contributed by atoms with Gasteiger partial charge in [-0.25, -0.2) is 4.98 Å². The summed E-state index contributed by atoms with van der Waals surface area (Å²) in [7, 11) is 0. The maximum Gasteiger partial charge on any atom is 0.226 e. The Hall–Kier alpha value is -2.14. The van der Waals surface area contributed by atoms with Crippen molar-refractivity contribution in [3.05, 3.63) is 47.1 Å². The van der Waals surface area contributed by atoms with Crippen LogP contribution in [0, 0.1) is 6.92 Å². The van der Waals surface area contributed by atoms with E-state index in [4.69, 9.17) is 0 Å². The highest BCUT2D eigenvalue weighted by Gasteiger charge is 2.07. The van der Waals surface area contributed by atoms with Crippen LogP contribution in [0.15, 0.2) is 35.8 Å². The van der Waals surface area contributed by atoms with Gasteiger partial charge < -0.3 is 10.3 Å². The van der Waals surface area contributed by atoms with Gasteiger partial charge in [0.2, 0.25) is 5.91 Å². The summed E-state index contributed by atoms with van der Waals surface area (Å²) in [6.07, 6.45) is 4.28. The molecule has 4 nitrogen and oxygen atoms in total. The SMILES string of the molecule is Cc1csc(NC(=O)CCCc2c[nH]c3ccccc23)n1. The van der Waals surface area contributed by atoms with Crippen LogP contribution < -0.4 is 5.32 Å². The molecule has 0 saturated heterocycles. The number of fused-ring (bicyclic) bond motifs is 1. The number of aryl methyl sites for hydroxylation is 2. The van der Waals surface area contributed by atoms with Gasteiger partial charge >= 0.3 is 0 Å². The molecule has 2 aromatic heterocycles. The molecule has 2 heterocycles. The van der Waals surface area contributed by atoms with E-state index in [0.29, 0.717) is 11.6 Å². The van der Waals surface area contributed by atoms with Gasteiger partial charge in [-0.15, -0.1) is 11.3 Å². The first-order valence-electron chi connectivity index (χ1n) is 6.99. The van der Waals surface area contributed by atoms with Crippen molar-refractivity contribution in [3.8, 4) is 0 Å². The minimum atomic E-state index is 0.0317. The molecule has 0 saturated carbocycles. The second-order valence-electron chi connectivity index (χ2n) is 5.06. The summed E-state index contributed by atoms with van der Waals surface area (Å²) in [4.78, 5) is 19.4. The van der Waals surface area contributed by atoms with Crippen molar-refractivity contribution < 1.29 is 4.79 Å². The van der Waals surface area contributed by atoms with Crippen LogP contribution >= 0.6 is 11.3 Å². The topological polar surface area (TPSA) is 57.8 Å². The predicted molar refractivity (Wildman–Crippen MR) is 86.7 cm³/mol. The van der Waals surface area contributed by atoms with E-state index in [-0.39, 0.29) is 5.91 Å². The lowest BCUT2D eigenvalue weighted by atomic mass is 10.1. The van der Waals surface area contributed by atoms with Crippen molar-refractivity contribution >= 4 is 33.3 Å². The van der Waals surface area contributed by atoms with E-state index in [1.165, 1.54) is 22.3 Å². The van der Waals surface area contributed by atoms with E-state index in [9.17, 15) is 4.79 Å². The van der Waals surface area contributed by atoms with Crippen LogP contribution in [0.1, 0.15) is 24.1 Å². The van der Waals surface area contributed by atoms with Crippen molar-refractivity contribution in [2.24, 2.45) is 0 Å². The number of hydrogen-bond donors (Lipinski definition) is 2. The number of anilines is 1. The molecule has 0 aliphatic rings. The van der Waals surface area contributed by atoms with Gasteiger partial charge in [0.1, 0.15) is 0 Å². The molecule has 0 aliphatic heterocycles. The predicted octanol–water partition coefficient (Wildman–Crippen LogP) is 3.89. The van der Waals surface area contributed by atoms with Gasteiger partial charge in [0, 0.05) is 28.9 Å². The number of nitrogens with zero attached hydrogens (tertiary/aromatic N) is 1. The number of thiazole rings is 1. The Balaban J connectivity index is 1.53. The van der Waals surface area contributed by atoms with Crippen molar-refractivity contribution in [3.63, 3.8) is 0 Å². The van der Waals surface area contributed by atoms with Crippen molar-refractivity contribution in [1.82, 2.24) is 9.97 Å². The maximum atomic E-state index is 11.9. The van der Waals surface area contributed by atoms with Crippen LogP contribution in [0.5, 0.6) is 0 Å². The molecule has 21 heavy (non-hydrogen) atoms. The Labute approximate surface area is 127 Å². The molecule has 3 rings (SSSR count). The van der Waals surface area contributed by atoms with Crippen LogP contribution in [0.4, 0.5) is 5.13 Å². The summed E-state index contributed by atoms with van der Waals surface area (Å²) in [5.74, 6) is 0.0317. The number of nitrogens with one attached hydrogen (secondary N) is 2.